The van der Waals surface area contributed by atoms with E-state index in [-0.39, 0.29) is 0 Å². The van der Waals surface area contributed by atoms with Crippen LogP contribution in [0, 0.1) is 17.8 Å². The predicted molar refractivity (Wildman–Crippen MR) is 64.7 cm³/mol. The number of ether oxygens (including phenoxy) is 1. The molecule has 1 aromatic heterocycles. The number of methoxy groups -OCH3 is 1. The van der Waals surface area contributed by atoms with Crippen molar-refractivity contribution in [3.8, 4) is 0 Å². The molecule has 4 nitrogen and oxygen atoms in total. The molecule has 0 spiro atoms. The van der Waals surface area contributed by atoms with E-state index >= 15 is 0 Å². The zero-order valence-corrected chi connectivity index (χ0v) is 10.7. The highest BCUT2D eigenvalue weighted by atomic mass is 16.5. The van der Waals surface area contributed by atoms with Crippen molar-refractivity contribution in [1.82, 2.24) is 15.0 Å². The third-order valence-corrected chi connectivity index (χ3v) is 4.51. The van der Waals surface area contributed by atoms with Crippen molar-refractivity contribution >= 4 is 0 Å². The summed E-state index contributed by atoms with van der Waals surface area (Å²) in [6.45, 7) is 4.03. The van der Waals surface area contributed by atoms with Gasteiger partial charge in [0.15, 0.2) is 0 Å². The first-order valence-electron chi connectivity index (χ1n) is 6.75. The standard InChI is InChI=1S/C13H21N3O/c1-3-16-13-7-5-10-9(11(10)8-17-2)4-6-12(13)14-15-16/h9-11H,3-8H2,1-2H3. The van der Waals surface area contributed by atoms with Crippen LogP contribution >= 0.6 is 0 Å². The molecule has 0 aromatic carbocycles. The molecule has 0 aliphatic heterocycles. The van der Waals surface area contributed by atoms with E-state index in [1.54, 1.807) is 0 Å². The van der Waals surface area contributed by atoms with Crippen LogP contribution in [0.25, 0.3) is 0 Å². The second kappa shape index (κ2) is 4.41. The Hall–Kier alpha value is -0.900. The molecule has 17 heavy (non-hydrogen) atoms. The van der Waals surface area contributed by atoms with E-state index in [1.807, 2.05) is 7.11 Å². The summed E-state index contributed by atoms with van der Waals surface area (Å²) in [6.07, 6.45) is 4.82. The maximum atomic E-state index is 5.31. The van der Waals surface area contributed by atoms with Crippen LogP contribution in [0.3, 0.4) is 0 Å². The average molecular weight is 235 g/mol. The van der Waals surface area contributed by atoms with Gasteiger partial charge in [-0.1, -0.05) is 5.21 Å². The molecular weight excluding hydrogens is 214 g/mol. The highest BCUT2D eigenvalue weighted by Crippen LogP contribution is 2.52. The van der Waals surface area contributed by atoms with Crippen molar-refractivity contribution in [1.29, 1.82) is 0 Å². The lowest BCUT2D eigenvalue weighted by Crippen LogP contribution is -2.07. The third kappa shape index (κ3) is 1.88. The SMILES string of the molecule is CCn1nnc2c1CCC1C(CC2)C1COC. The number of aryl methyl sites for hydroxylation is 2. The Balaban J connectivity index is 1.73. The predicted octanol–water partition coefficient (Wildman–Crippen LogP) is 1.69. The molecule has 1 aromatic rings. The Kier molecular flexibility index (Phi) is 2.90. The average Bonchev–Trinajstić information content (AvgIpc) is 2.80. The van der Waals surface area contributed by atoms with E-state index in [0.717, 1.165) is 43.7 Å². The van der Waals surface area contributed by atoms with Crippen molar-refractivity contribution in [2.45, 2.75) is 39.2 Å². The van der Waals surface area contributed by atoms with E-state index in [0.29, 0.717) is 0 Å². The molecule has 2 aliphatic carbocycles. The molecule has 0 bridgehead atoms. The maximum Gasteiger partial charge on any atom is 0.0859 e. The minimum atomic E-state index is 0.812. The van der Waals surface area contributed by atoms with Gasteiger partial charge in [0, 0.05) is 20.3 Å². The van der Waals surface area contributed by atoms with Crippen molar-refractivity contribution in [2.24, 2.45) is 17.8 Å². The van der Waals surface area contributed by atoms with Gasteiger partial charge in [-0.05, 0) is 50.4 Å². The van der Waals surface area contributed by atoms with E-state index < -0.39 is 0 Å². The molecule has 4 heteroatoms. The van der Waals surface area contributed by atoms with Gasteiger partial charge in [0.2, 0.25) is 0 Å². The van der Waals surface area contributed by atoms with Gasteiger partial charge in [-0.15, -0.1) is 5.10 Å². The Morgan fingerprint density at radius 1 is 1.29 bits per heavy atom. The minimum absolute atomic E-state index is 0.812. The lowest BCUT2D eigenvalue weighted by Gasteiger charge is -2.09. The molecule has 1 fully saturated rings. The van der Waals surface area contributed by atoms with Crippen molar-refractivity contribution in [3.05, 3.63) is 11.4 Å². The van der Waals surface area contributed by atoms with Crippen molar-refractivity contribution < 1.29 is 4.74 Å². The zero-order valence-electron chi connectivity index (χ0n) is 10.7. The second-order valence-electron chi connectivity index (χ2n) is 5.32. The van der Waals surface area contributed by atoms with Crippen LogP contribution in [-0.2, 0) is 24.1 Å². The first-order chi connectivity index (χ1) is 8.35. The number of hydrogen-bond donors (Lipinski definition) is 0. The summed E-state index contributed by atoms with van der Waals surface area (Å²) < 4.78 is 7.38. The second-order valence-corrected chi connectivity index (χ2v) is 5.32. The Morgan fingerprint density at radius 3 is 2.76 bits per heavy atom. The Bertz CT molecular complexity index is 401. The number of fused-ring (bicyclic) bond motifs is 2. The number of rotatable bonds is 3. The van der Waals surface area contributed by atoms with Crippen LogP contribution < -0.4 is 0 Å². The zero-order chi connectivity index (χ0) is 11.8. The molecule has 2 aliphatic rings. The number of aromatic nitrogens is 3. The van der Waals surface area contributed by atoms with Crippen LogP contribution in [0.1, 0.15) is 31.2 Å². The fraction of sp³-hybridized carbons (Fsp3) is 0.846. The molecule has 0 saturated heterocycles. The van der Waals surface area contributed by atoms with Gasteiger partial charge in [-0.3, -0.25) is 0 Å². The van der Waals surface area contributed by atoms with Crippen molar-refractivity contribution in [3.63, 3.8) is 0 Å². The molecule has 0 N–H and O–H groups in total. The Morgan fingerprint density at radius 2 is 2.06 bits per heavy atom. The molecular formula is C13H21N3O. The van der Waals surface area contributed by atoms with Crippen LogP contribution in [0.15, 0.2) is 0 Å². The molecule has 3 rings (SSSR count). The van der Waals surface area contributed by atoms with Gasteiger partial charge in [-0.25, -0.2) is 4.68 Å². The van der Waals surface area contributed by atoms with Gasteiger partial charge in [0.1, 0.15) is 0 Å². The normalized spacial score (nSPS) is 31.3. The molecule has 3 unspecified atom stereocenters. The summed E-state index contributed by atoms with van der Waals surface area (Å²) in [7, 11) is 1.82. The quantitative estimate of drug-likeness (QED) is 0.800. The van der Waals surface area contributed by atoms with E-state index in [4.69, 9.17) is 4.74 Å². The summed E-state index contributed by atoms with van der Waals surface area (Å²) in [5, 5.41) is 8.57. The van der Waals surface area contributed by atoms with Crippen molar-refractivity contribution in [2.75, 3.05) is 13.7 Å². The topological polar surface area (TPSA) is 39.9 Å². The van der Waals surface area contributed by atoms with Gasteiger partial charge in [0.05, 0.1) is 11.4 Å². The molecule has 3 atom stereocenters. The lowest BCUT2D eigenvalue weighted by molar-refractivity contribution is 0.176. The largest absolute Gasteiger partial charge is 0.384 e. The van der Waals surface area contributed by atoms with Gasteiger partial charge in [0.25, 0.3) is 0 Å². The fourth-order valence-electron chi connectivity index (χ4n) is 3.52. The van der Waals surface area contributed by atoms with Crippen LogP contribution in [0.5, 0.6) is 0 Å². The highest BCUT2D eigenvalue weighted by Gasteiger charge is 2.49. The number of hydrogen-bond acceptors (Lipinski definition) is 3. The first kappa shape index (κ1) is 11.2. The van der Waals surface area contributed by atoms with E-state index in [2.05, 4.69) is 21.9 Å². The van der Waals surface area contributed by atoms with Gasteiger partial charge < -0.3 is 4.74 Å². The smallest absolute Gasteiger partial charge is 0.0859 e. The molecule has 1 heterocycles. The van der Waals surface area contributed by atoms with E-state index in [1.165, 1.54) is 24.2 Å². The Labute approximate surface area is 102 Å². The summed E-state index contributed by atoms with van der Waals surface area (Å²) in [5.41, 5.74) is 2.63. The highest BCUT2D eigenvalue weighted by molar-refractivity contribution is 5.15. The van der Waals surface area contributed by atoms with Gasteiger partial charge >= 0.3 is 0 Å². The first-order valence-corrected chi connectivity index (χ1v) is 6.75. The van der Waals surface area contributed by atoms with Crippen LogP contribution in [0.4, 0.5) is 0 Å². The monoisotopic (exact) mass is 235 g/mol. The third-order valence-electron chi connectivity index (χ3n) is 4.51. The van der Waals surface area contributed by atoms with E-state index in [9.17, 15) is 0 Å². The fourth-order valence-corrected chi connectivity index (χ4v) is 3.52. The maximum absolute atomic E-state index is 5.31. The summed E-state index contributed by atoms with van der Waals surface area (Å²) in [6, 6.07) is 0. The van der Waals surface area contributed by atoms with Crippen LogP contribution in [-0.4, -0.2) is 28.7 Å². The molecule has 1 saturated carbocycles. The summed E-state index contributed by atoms with van der Waals surface area (Å²) >= 11 is 0. The molecule has 0 amide bonds. The summed E-state index contributed by atoms with van der Waals surface area (Å²) in [4.78, 5) is 0. The number of nitrogens with zero attached hydrogens (tertiary/aromatic N) is 3. The minimum Gasteiger partial charge on any atom is -0.384 e. The molecule has 94 valence electrons. The summed E-state index contributed by atoms with van der Waals surface area (Å²) in [5.74, 6) is 2.59. The van der Waals surface area contributed by atoms with Crippen LogP contribution in [0.2, 0.25) is 0 Å². The lowest BCUT2D eigenvalue weighted by atomic mass is 10.0. The van der Waals surface area contributed by atoms with Gasteiger partial charge in [-0.2, -0.15) is 0 Å². The molecule has 0 radical (unpaired) electrons.